The molecule has 1 aliphatic heterocycles. The molecule has 112 valence electrons. The average Bonchev–Trinajstić information content (AvgIpc) is 2.93. The standard InChI is InChI=1S/C16H22N4O/c1(5-15-6-2-14-21-15)9-19-10-4-11-20(13-12-19)16-17-7-3-8-18-16/h2-3,6-8,14H,1,4-5,9-13H2. The number of nitrogens with zero attached hydrogens (tertiary/aromatic N) is 4. The molecule has 2 aromatic heterocycles. The van der Waals surface area contributed by atoms with Gasteiger partial charge in [-0.15, -0.1) is 0 Å². The Balaban J connectivity index is 1.45. The number of anilines is 1. The van der Waals surface area contributed by atoms with E-state index in [2.05, 4.69) is 25.8 Å². The van der Waals surface area contributed by atoms with Crippen molar-refractivity contribution in [3.05, 3.63) is 42.6 Å². The summed E-state index contributed by atoms with van der Waals surface area (Å²) >= 11 is 0. The Hall–Kier alpha value is -1.88. The van der Waals surface area contributed by atoms with Crippen LogP contribution >= 0.6 is 0 Å². The Morgan fingerprint density at radius 2 is 1.95 bits per heavy atom. The molecule has 1 aliphatic rings. The third-order valence-corrected chi connectivity index (χ3v) is 3.90. The van der Waals surface area contributed by atoms with E-state index in [1.807, 2.05) is 24.5 Å². The Kier molecular flexibility index (Phi) is 4.84. The van der Waals surface area contributed by atoms with Gasteiger partial charge in [0.1, 0.15) is 5.76 Å². The predicted octanol–water partition coefficient (Wildman–Crippen LogP) is 2.21. The molecular weight excluding hydrogens is 264 g/mol. The summed E-state index contributed by atoms with van der Waals surface area (Å²) < 4.78 is 5.38. The summed E-state index contributed by atoms with van der Waals surface area (Å²) in [4.78, 5) is 13.5. The second kappa shape index (κ2) is 7.22. The third-order valence-electron chi connectivity index (χ3n) is 3.90. The lowest BCUT2D eigenvalue weighted by Gasteiger charge is -2.21. The fourth-order valence-corrected chi connectivity index (χ4v) is 2.78. The fraction of sp³-hybridized carbons (Fsp3) is 0.500. The Labute approximate surface area is 125 Å². The molecule has 2 aromatic rings. The van der Waals surface area contributed by atoms with E-state index in [9.17, 15) is 0 Å². The van der Waals surface area contributed by atoms with Gasteiger partial charge in [-0.25, -0.2) is 9.97 Å². The van der Waals surface area contributed by atoms with Crippen LogP contribution in [0, 0.1) is 0 Å². The first kappa shape index (κ1) is 14.1. The number of aromatic nitrogens is 2. The van der Waals surface area contributed by atoms with Crippen LogP contribution in [0.1, 0.15) is 18.6 Å². The van der Waals surface area contributed by atoms with Crippen molar-refractivity contribution in [2.24, 2.45) is 0 Å². The first-order valence-corrected chi connectivity index (χ1v) is 7.68. The van der Waals surface area contributed by atoms with Crippen LogP contribution in [0.3, 0.4) is 0 Å². The molecule has 1 saturated heterocycles. The molecule has 21 heavy (non-hydrogen) atoms. The van der Waals surface area contributed by atoms with Gasteiger partial charge in [0.05, 0.1) is 6.26 Å². The summed E-state index contributed by atoms with van der Waals surface area (Å²) in [5.74, 6) is 1.94. The topological polar surface area (TPSA) is 45.4 Å². The van der Waals surface area contributed by atoms with E-state index < -0.39 is 0 Å². The summed E-state index contributed by atoms with van der Waals surface area (Å²) in [6.07, 6.45) is 8.71. The number of aryl methyl sites for hydroxylation is 1. The number of furan rings is 1. The minimum Gasteiger partial charge on any atom is -0.469 e. The highest BCUT2D eigenvalue weighted by molar-refractivity contribution is 5.28. The summed E-state index contributed by atoms with van der Waals surface area (Å²) in [6, 6.07) is 5.87. The second-order valence-electron chi connectivity index (χ2n) is 5.41. The molecule has 3 heterocycles. The van der Waals surface area contributed by atoms with Crippen molar-refractivity contribution in [3.8, 4) is 0 Å². The largest absolute Gasteiger partial charge is 0.469 e. The predicted molar refractivity (Wildman–Crippen MR) is 82.3 cm³/mol. The summed E-state index contributed by atoms with van der Waals surface area (Å²) in [6.45, 7) is 5.41. The SMILES string of the molecule is c1cnc(N2CCCN(CCCc3ccco3)CC2)nc1. The van der Waals surface area contributed by atoms with Gasteiger partial charge < -0.3 is 14.2 Å². The Morgan fingerprint density at radius 1 is 1.05 bits per heavy atom. The number of hydrogen-bond acceptors (Lipinski definition) is 5. The summed E-state index contributed by atoms with van der Waals surface area (Å²) in [7, 11) is 0. The molecule has 5 heteroatoms. The maximum atomic E-state index is 5.38. The molecule has 0 amide bonds. The van der Waals surface area contributed by atoms with Crippen LogP contribution in [-0.2, 0) is 6.42 Å². The van der Waals surface area contributed by atoms with E-state index in [-0.39, 0.29) is 0 Å². The van der Waals surface area contributed by atoms with Gasteiger partial charge in [0.15, 0.2) is 0 Å². The van der Waals surface area contributed by atoms with Crippen molar-refractivity contribution in [2.45, 2.75) is 19.3 Å². The van der Waals surface area contributed by atoms with E-state index in [4.69, 9.17) is 4.42 Å². The van der Waals surface area contributed by atoms with E-state index in [1.165, 1.54) is 6.42 Å². The lowest BCUT2D eigenvalue weighted by Crippen LogP contribution is -2.32. The molecule has 3 rings (SSSR count). The van der Waals surface area contributed by atoms with Gasteiger partial charge in [-0.3, -0.25) is 0 Å². The minimum absolute atomic E-state index is 0.856. The van der Waals surface area contributed by atoms with Gasteiger partial charge in [-0.1, -0.05) is 0 Å². The molecule has 0 aromatic carbocycles. The minimum atomic E-state index is 0.856. The van der Waals surface area contributed by atoms with Gasteiger partial charge in [0.25, 0.3) is 0 Å². The van der Waals surface area contributed by atoms with Crippen LogP contribution in [0.2, 0.25) is 0 Å². The van der Waals surface area contributed by atoms with Gasteiger partial charge in [-0.05, 0) is 44.1 Å². The van der Waals surface area contributed by atoms with Crippen molar-refractivity contribution in [1.29, 1.82) is 0 Å². The van der Waals surface area contributed by atoms with Crippen molar-refractivity contribution in [3.63, 3.8) is 0 Å². The zero-order valence-electron chi connectivity index (χ0n) is 12.3. The molecule has 5 nitrogen and oxygen atoms in total. The first-order valence-electron chi connectivity index (χ1n) is 7.68. The fourth-order valence-electron chi connectivity index (χ4n) is 2.78. The smallest absolute Gasteiger partial charge is 0.225 e. The molecule has 0 radical (unpaired) electrons. The van der Waals surface area contributed by atoms with Crippen molar-refractivity contribution < 1.29 is 4.42 Å². The Bertz CT molecular complexity index is 514. The van der Waals surface area contributed by atoms with Gasteiger partial charge >= 0.3 is 0 Å². The second-order valence-corrected chi connectivity index (χ2v) is 5.41. The van der Waals surface area contributed by atoms with E-state index in [1.54, 1.807) is 6.26 Å². The maximum absolute atomic E-state index is 5.38. The molecule has 1 fully saturated rings. The first-order chi connectivity index (χ1) is 10.4. The zero-order chi connectivity index (χ0) is 14.3. The zero-order valence-corrected chi connectivity index (χ0v) is 12.3. The summed E-state index contributed by atoms with van der Waals surface area (Å²) in [5, 5.41) is 0. The van der Waals surface area contributed by atoms with Gasteiger partial charge in [0, 0.05) is 38.4 Å². The highest BCUT2D eigenvalue weighted by atomic mass is 16.3. The highest BCUT2D eigenvalue weighted by Crippen LogP contribution is 2.11. The van der Waals surface area contributed by atoms with Crippen LogP contribution in [0.15, 0.2) is 41.3 Å². The molecule has 0 saturated carbocycles. The number of hydrogen-bond donors (Lipinski definition) is 0. The van der Waals surface area contributed by atoms with Crippen LogP contribution in [-0.4, -0.2) is 47.6 Å². The van der Waals surface area contributed by atoms with E-state index in [0.717, 1.165) is 57.3 Å². The normalized spacial score (nSPS) is 16.9. The van der Waals surface area contributed by atoms with Crippen LogP contribution in [0.25, 0.3) is 0 Å². The summed E-state index contributed by atoms with van der Waals surface area (Å²) in [5.41, 5.74) is 0. The Morgan fingerprint density at radius 3 is 2.76 bits per heavy atom. The van der Waals surface area contributed by atoms with E-state index in [0.29, 0.717) is 0 Å². The number of rotatable bonds is 5. The van der Waals surface area contributed by atoms with Crippen LogP contribution in [0.4, 0.5) is 5.95 Å². The quantitative estimate of drug-likeness (QED) is 0.843. The van der Waals surface area contributed by atoms with Crippen molar-refractivity contribution >= 4 is 5.95 Å². The third kappa shape index (κ3) is 4.04. The monoisotopic (exact) mass is 286 g/mol. The van der Waals surface area contributed by atoms with Crippen molar-refractivity contribution in [1.82, 2.24) is 14.9 Å². The lowest BCUT2D eigenvalue weighted by molar-refractivity contribution is 0.287. The van der Waals surface area contributed by atoms with Gasteiger partial charge in [-0.2, -0.15) is 0 Å². The molecule has 0 N–H and O–H groups in total. The van der Waals surface area contributed by atoms with Crippen LogP contribution < -0.4 is 4.90 Å². The van der Waals surface area contributed by atoms with E-state index >= 15 is 0 Å². The molecule has 0 atom stereocenters. The molecule has 0 bridgehead atoms. The average molecular weight is 286 g/mol. The van der Waals surface area contributed by atoms with Crippen LogP contribution in [0.5, 0.6) is 0 Å². The molecule has 0 unspecified atom stereocenters. The molecular formula is C16H22N4O. The highest BCUT2D eigenvalue weighted by Gasteiger charge is 2.16. The lowest BCUT2D eigenvalue weighted by atomic mass is 10.2. The van der Waals surface area contributed by atoms with Gasteiger partial charge in [0.2, 0.25) is 5.95 Å². The van der Waals surface area contributed by atoms with Crippen molar-refractivity contribution in [2.75, 3.05) is 37.6 Å². The molecule has 0 spiro atoms. The maximum Gasteiger partial charge on any atom is 0.225 e. The molecule has 0 aliphatic carbocycles.